The second-order valence-corrected chi connectivity index (χ2v) is 3.77. The number of epoxide rings is 1. The van der Waals surface area contributed by atoms with Crippen LogP contribution in [0.25, 0.3) is 0 Å². The molecule has 0 aromatic carbocycles. The monoisotopic (exact) mass is 184 g/mol. The van der Waals surface area contributed by atoms with E-state index in [0.717, 1.165) is 13.0 Å². The molecule has 0 aromatic rings. The van der Waals surface area contributed by atoms with Gasteiger partial charge in [-0.15, -0.1) is 0 Å². The number of hydrogen-bond donors (Lipinski definition) is 0. The number of rotatable bonds is 5. The minimum Gasteiger partial charge on any atom is -0.374 e. The highest BCUT2D eigenvalue weighted by molar-refractivity contribution is 5.05. The Morgan fingerprint density at radius 1 is 1.69 bits per heavy atom. The molecule has 3 unspecified atom stereocenters. The van der Waals surface area contributed by atoms with E-state index in [2.05, 4.69) is 26.0 Å². The van der Waals surface area contributed by atoms with Gasteiger partial charge in [-0.1, -0.05) is 19.1 Å². The van der Waals surface area contributed by atoms with Gasteiger partial charge in [0.1, 0.15) is 0 Å². The van der Waals surface area contributed by atoms with Crippen molar-refractivity contribution in [2.75, 3.05) is 13.7 Å². The molecule has 0 saturated carbocycles. The van der Waals surface area contributed by atoms with Crippen LogP contribution < -0.4 is 0 Å². The van der Waals surface area contributed by atoms with Gasteiger partial charge >= 0.3 is 0 Å². The third-order valence-electron chi connectivity index (χ3n) is 2.92. The maximum atomic E-state index is 5.57. The minimum atomic E-state index is -0.162. The molecule has 3 atom stereocenters. The molecule has 1 saturated heterocycles. The van der Waals surface area contributed by atoms with Gasteiger partial charge in [0.2, 0.25) is 0 Å². The Kier molecular flexibility index (Phi) is 3.51. The lowest BCUT2D eigenvalue weighted by molar-refractivity contribution is -0.0140. The molecule has 13 heavy (non-hydrogen) atoms. The lowest BCUT2D eigenvalue weighted by Gasteiger charge is -2.32. The van der Waals surface area contributed by atoms with E-state index in [-0.39, 0.29) is 5.60 Å². The van der Waals surface area contributed by atoms with Crippen LogP contribution in [0.3, 0.4) is 0 Å². The van der Waals surface area contributed by atoms with Gasteiger partial charge in [0, 0.05) is 13.0 Å². The van der Waals surface area contributed by atoms with Crippen LogP contribution in [0, 0.1) is 5.92 Å². The Balaban J connectivity index is 2.70. The zero-order valence-electron chi connectivity index (χ0n) is 9.04. The molecule has 0 spiro atoms. The summed E-state index contributed by atoms with van der Waals surface area (Å²) in [6.45, 7) is 7.24. The Morgan fingerprint density at radius 2 is 2.31 bits per heavy atom. The molecule has 1 aliphatic heterocycles. The number of ether oxygens (including phenoxy) is 2. The van der Waals surface area contributed by atoms with Crippen molar-refractivity contribution in [3.05, 3.63) is 12.2 Å². The number of methoxy groups -OCH3 is 1. The molecule has 0 aromatic heterocycles. The molecular weight excluding hydrogens is 164 g/mol. The van der Waals surface area contributed by atoms with Crippen molar-refractivity contribution < 1.29 is 9.47 Å². The first kappa shape index (κ1) is 10.7. The highest BCUT2D eigenvalue weighted by atomic mass is 16.6. The van der Waals surface area contributed by atoms with Gasteiger partial charge in [0.15, 0.2) is 0 Å². The fraction of sp³-hybridized carbons (Fsp3) is 0.818. The molecule has 2 nitrogen and oxygen atoms in total. The predicted molar refractivity (Wildman–Crippen MR) is 53.7 cm³/mol. The SMILES string of the molecule is CC=CC(C)(OC)C(CC)C1CO1. The summed E-state index contributed by atoms with van der Waals surface area (Å²) in [5, 5.41) is 0. The van der Waals surface area contributed by atoms with Crippen LogP contribution >= 0.6 is 0 Å². The number of hydrogen-bond acceptors (Lipinski definition) is 2. The van der Waals surface area contributed by atoms with Crippen LogP contribution in [0.1, 0.15) is 27.2 Å². The summed E-state index contributed by atoms with van der Waals surface area (Å²) in [7, 11) is 1.77. The first-order valence-corrected chi connectivity index (χ1v) is 4.98. The van der Waals surface area contributed by atoms with E-state index >= 15 is 0 Å². The first-order valence-electron chi connectivity index (χ1n) is 4.98. The molecule has 1 aliphatic rings. The molecular formula is C11H20O2. The maximum absolute atomic E-state index is 5.57. The summed E-state index contributed by atoms with van der Waals surface area (Å²) >= 11 is 0. The quantitative estimate of drug-likeness (QED) is 0.483. The van der Waals surface area contributed by atoms with E-state index in [1.165, 1.54) is 0 Å². The molecule has 1 rings (SSSR count). The minimum absolute atomic E-state index is 0.162. The van der Waals surface area contributed by atoms with Gasteiger partial charge in [0.05, 0.1) is 18.3 Å². The zero-order valence-corrected chi connectivity index (χ0v) is 9.04. The summed E-state index contributed by atoms with van der Waals surface area (Å²) in [4.78, 5) is 0. The van der Waals surface area contributed by atoms with E-state index in [9.17, 15) is 0 Å². The van der Waals surface area contributed by atoms with E-state index in [1.807, 2.05) is 6.92 Å². The zero-order chi connectivity index (χ0) is 9.90. The summed E-state index contributed by atoms with van der Waals surface area (Å²) in [6.07, 6.45) is 5.68. The fourth-order valence-electron chi connectivity index (χ4n) is 2.00. The summed E-state index contributed by atoms with van der Waals surface area (Å²) in [6, 6.07) is 0. The van der Waals surface area contributed by atoms with Crippen LogP contribution in [0.2, 0.25) is 0 Å². The van der Waals surface area contributed by atoms with E-state index in [4.69, 9.17) is 9.47 Å². The van der Waals surface area contributed by atoms with Crippen LogP contribution in [0.4, 0.5) is 0 Å². The van der Waals surface area contributed by atoms with E-state index in [0.29, 0.717) is 12.0 Å². The van der Waals surface area contributed by atoms with Crippen LogP contribution in [0.15, 0.2) is 12.2 Å². The van der Waals surface area contributed by atoms with Crippen molar-refractivity contribution in [2.24, 2.45) is 5.92 Å². The van der Waals surface area contributed by atoms with Crippen molar-refractivity contribution in [3.8, 4) is 0 Å². The summed E-state index contributed by atoms with van der Waals surface area (Å²) in [5.74, 6) is 0.480. The van der Waals surface area contributed by atoms with Crippen LogP contribution in [0.5, 0.6) is 0 Å². The molecule has 2 heteroatoms. The highest BCUT2D eigenvalue weighted by Crippen LogP contribution is 2.35. The van der Waals surface area contributed by atoms with Crippen molar-refractivity contribution in [2.45, 2.75) is 38.9 Å². The summed E-state index contributed by atoms with van der Waals surface area (Å²) < 4.78 is 10.9. The lowest BCUT2D eigenvalue weighted by atomic mass is 9.84. The van der Waals surface area contributed by atoms with E-state index in [1.54, 1.807) is 7.11 Å². The predicted octanol–water partition coefficient (Wildman–Crippen LogP) is 2.39. The largest absolute Gasteiger partial charge is 0.374 e. The highest BCUT2D eigenvalue weighted by Gasteiger charge is 2.42. The Labute approximate surface area is 80.9 Å². The molecule has 0 N–H and O–H groups in total. The number of allylic oxidation sites excluding steroid dienone is 1. The lowest BCUT2D eigenvalue weighted by Crippen LogP contribution is -2.37. The standard InChI is InChI=1S/C11H20O2/c1-5-7-11(3,12-4)9(6-2)10-8-13-10/h5,7,9-10H,6,8H2,1-4H3. The second-order valence-electron chi connectivity index (χ2n) is 3.77. The molecule has 0 bridgehead atoms. The average Bonchev–Trinajstić information content (AvgIpc) is 2.90. The normalized spacial score (nSPS) is 28.8. The van der Waals surface area contributed by atoms with Gasteiger partial charge in [-0.3, -0.25) is 0 Å². The molecule has 1 fully saturated rings. The maximum Gasteiger partial charge on any atom is 0.0884 e. The van der Waals surface area contributed by atoms with Crippen LogP contribution in [-0.4, -0.2) is 25.4 Å². The molecule has 76 valence electrons. The van der Waals surface area contributed by atoms with Crippen LogP contribution in [-0.2, 0) is 9.47 Å². The van der Waals surface area contributed by atoms with Gasteiger partial charge in [-0.05, 0) is 20.3 Å². The van der Waals surface area contributed by atoms with Crippen molar-refractivity contribution in [3.63, 3.8) is 0 Å². The third kappa shape index (κ3) is 2.32. The average molecular weight is 184 g/mol. The Morgan fingerprint density at radius 3 is 2.62 bits per heavy atom. The van der Waals surface area contributed by atoms with E-state index < -0.39 is 0 Å². The smallest absolute Gasteiger partial charge is 0.0884 e. The van der Waals surface area contributed by atoms with Crippen molar-refractivity contribution in [1.82, 2.24) is 0 Å². The molecule has 0 radical (unpaired) electrons. The first-order chi connectivity index (χ1) is 6.18. The fourth-order valence-corrected chi connectivity index (χ4v) is 2.00. The molecule has 0 amide bonds. The molecule has 1 heterocycles. The van der Waals surface area contributed by atoms with Gasteiger partial charge in [-0.2, -0.15) is 0 Å². The molecule has 0 aliphatic carbocycles. The summed E-state index contributed by atoms with van der Waals surface area (Å²) in [5.41, 5.74) is -0.162. The van der Waals surface area contributed by atoms with Gasteiger partial charge in [0.25, 0.3) is 0 Å². The second kappa shape index (κ2) is 4.25. The topological polar surface area (TPSA) is 21.8 Å². The van der Waals surface area contributed by atoms with Gasteiger partial charge < -0.3 is 9.47 Å². The third-order valence-corrected chi connectivity index (χ3v) is 2.92. The Hall–Kier alpha value is -0.340. The van der Waals surface area contributed by atoms with Crippen molar-refractivity contribution in [1.29, 1.82) is 0 Å². The Bertz CT molecular complexity index is 185. The van der Waals surface area contributed by atoms with Crippen molar-refractivity contribution >= 4 is 0 Å². The van der Waals surface area contributed by atoms with Gasteiger partial charge in [-0.25, -0.2) is 0 Å².